The summed E-state index contributed by atoms with van der Waals surface area (Å²) >= 11 is 0. The molecule has 1 aliphatic rings. The van der Waals surface area contributed by atoms with Crippen LogP contribution in [0.15, 0.2) is 24.3 Å². The lowest BCUT2D eigenvalue weighted by molar-refractivity contribution is -0.145. The summed E-state index contributed by atoms with van der Waals surface area (Å²) in [6, 6.07) is 8.45. The molecular weight excluding hydrogens is 304 g/mol. The number of methoxy groups -OCH3 is 1. The van der Waals surface area contributed by atoms with Gasteiger partial charge in [-0.3, -0.25) is 14.5 Å². The molecular formula is C19H28N2O3. The molecule has 1 fully saturated rings. The summed E-state index contributed by atoms with van der Waals surface area (Å²) in [7, 11) is 3.23. The SMILES string of the molecule is COC(=O)C(C)CN(C)CC(=O)NC(c1ccc(C)cc1)C1CC1. The fourth-order valence-corrected chi connectivity index (χ4v) is 2.95. The Bertz CT molecular complexity index is 566. The number of carbonyl (C=O) groups is 2. The number of carbonyl (C=O) groups excluding carboxylic acids is 2. The van der Waals surface area contributed by atoms with Gasteiger partial charge in [-0.2, -0.15) is 0 Å². The lowest BCUT2D eigenvalue weighted by Gasteiger charge is -2.23. The van der Waals surface area contributed by atoms with E-state index < -0.39 is 0 Å². The molecule has 2 atom stereocenters. The molecule has 1 amide bonds. The molecule has 0 aliphatic heterocycles. The molecule has 5 heteroatoms. The van der Waals surface area contributed by atoms with Crippen LogP contribution in [0.4, 0.5) is 0 Å². The molecule has 0 heterocycles. The molecule has 0 aromatic heterocycles. The van der Waals surface area contributed by atoms with Crippen molar-refractivity contribution in [1.82, 2.24) is 10.2 Å². The van der Waals surface area contributed by atoms with E-state index in [9.17, 15) is 9.59 Å². The largest absolute Gasteiger partial charge is 0.469 e. The summed E-state index contributed by atoms with van der Waals surface area (Å²) in [4.78, 5) is 25.7. The van der Waals surface area contributed by atoms with E-state index in [2.05, 4.69) is 36.5 Å². The van der Waals surface area contributed by atoms with Crippen molar-refractivity contribution in [3.8, 4) is 0 Å². The van der Waals surface area contributed by atoms with Gasteiger partial charge in [0.05, 0.1) is 25.6 Å². The summed E-state index contributed by atoms with van der Waals surface area (Å²) < 4.78 is 4.72. The molecule has 0 saturated heterocycles. The van der Waals surface area contributed by atoms with Crippen molar-refractivity contribution in [3.63, 3.8) is 0 Å². The summed E-state index contributed by atoms with van der Waals surface area (Å²) in [6.45, 7) is 4.64. The number of likely N-dealkylation sites (N-methyl/N-ethyl adjacent to an activating group) is 1. The van der Waals surface area contributed by atoms with Crippen LogP contribution in [-0.4, -0.2) is 44.0 Å². The Morgan fingerprint density at radius 1 is 1.29 bits per heavy atom. The second kappa shape index (κ2) is 8.29. The number of hydrogen-bond acceptors (Lipinski definition) is 4. The molecule has 24 heavy (non-hydrogen) atoms. The second-order valence-electron chi connectivity index (χ2n) is 6.91. The molecule has 2 unspecified atom stereocenters. The van der Waals surface area contributed by atoms with E-state index in [0.29, 0.717) is 12.5 Å². The number of hydrogen-bond donors (Lipinski definition) is 1. The van der Waals surface area contributed by atoms with Gasteiger partial charge in [-0.25, -0.2) is 0 Å². The van der Waals surface area contributed by atoms with Crippen molar-refractivity contribution in [1.29, 1.82) is 0 Å². The van der Waals surface area contributed by atoms with Crippen LogP contribution in [0.2, 0.25) is 0 Å². The van der Waals surface area contributed by atoms with Crippen molar-refractivity contribution in [2.24, 2.45) is 11.8 Å². The Hall–Kier alpha value is -1.88. The van der Waals surface area contributed by atoms with Crippen LogP contribution in [0.3, 0.4) is 0 Å². The zero-order valence-corrected chi connectivity index (χ0v) is 15.0. The van der Waals surface area contributed by atoms with E-state index in [0.717, 1.165) is 12.8 Å². The number of esters is 1. The summed E-state index contributed by atoms with van der Waals surface area (Å²) in [5.41, 5.74) is 2.39. The highest BCUT2D eigenvalue weighted by Gasteiger charge is 2.33. The molecule has 0 radical (unpaired) electrons. The van der Waals surface area contributed by atoms with E-state index in [4.69, 9.17) is 4.74 Å². The minimum atomic E-state index is -0.252. The molecule has 0 spiro atoms. The highest BCUT2D eigenvalue weighted by atomic mass is 16.5. The van der Waals surface area contributed by atoms with Crippen LogP contribution in [-0.2, 0) is 14.3 Å². The van der Waals surface area contributed by atoms with Crippen LogP contribution in [0.1, 0.15) is 36.9 Å². The van der Waals surface area contributed by atoms with Crippen LogP contribution < -0.4 is 5.32 Å². The average molecular weight is 332 g/mol. The van der Waals surface area contributed by atoms with Crippen molar-refractivity contribution in [3.05, 3.63) is 35.4 Å². The first-order chi connectivity index (χ1) is 11.4. The first kappa shape index (κ1) is 18.5. The Morgan fingerprint density at radius 2 is 1.92 bits per heavy atom. The van der Waals surface area contributed by atoms with Crippen LogP contribution in [0.25, 0.3) is 0 Å². The zero-order valence-electron chi connectivity index (χ0n) is 15.0. The number of aryl methyl sites for hydroxylation is 1. The summed E-state index contributed by atoms with van der Waals surface area (Å²) in [6.07, 6.45) is 2.32. The van der Waals surface area contributed by atoms with Crippen molar-refractivity contribution >= 4 is 11.9 Å². The Morgan fingerprint density at radius 3 is 2.46 bits per heavy atom. The maximum atomic E-state index is 12.4. The number of amides is 1. The molecule has 5 nitrogen and oxygen atoms in total. The fourth-order valence-electron chi connectivity index (χ4n) is 2.95. The predicted molar refractivity (Wildman–Crippen MR) is 93.5 cm³/mol. The van der Waals surface area contributed by atoms with Gasteiger partial charge >= 0.3 is 5.97 Å². The summed E-state index contributed by atoms with van der Waals surface area (Å²) in [5.74, 6) is 0.0323. The number of rotatable bonds is 8. The lowest BCUT2D eigenvalue weighted by atomic mass is 10.0. The second-order valence-corrected chi connectivity index (χ2v) is 6.91. The number of nitrogens with zero attached hydrogens (tertiary/aromatic N) is 1. The van der Waals surface area contributed by atoms with Gasteiger partial charge in [-0.05, 0) is 38.3 Å². The van der Waals surface area contributed by atoms with Crippen molar-refractivity contribution < 1.29 is 14.3 Å². The predicted octanol–water partition coefficient (Wildman–Crippen LogP) is 2.30. The Balaban J connectivity index is 1.89. The van der Waals surface area contributed by atoms with Crippen molar-refractivity contribution in [2.75, 3.05) is 27.2 Å². The smallest absolute Gasteiger partial charge is 0.309 e. The van der Waals surface area contributed by atoms with Gasteiger partial charge in [0.15, 0.2) is 0 Å². The third kappa shape index (κ3) is 5.34. The maximum Gasteiger partial charge on any atom is 0.309 e. The molecule has 1 aromatic rings. The topological polar surface area (TPSA) is 58.6 Å². The van der Waals surface area contributed by atoms with Gasteiger partial charge in [0.1, 0.15) is 0 Å². The molecule has 1 aromatic carbocycles. The number of ether oxygens (including phenoxy) is 1. The molecule has 1 N–H and O–H groups in total. The quantitative estimate of drug-likeness (QED) is 0.742. The molecule has 1 aliphatic carbocycles. The first-order valence-corrected chi connectivity index (χ1v) is 8.53. The molecule has 2 rings (SSSR count). The van der Waals surface area contributed by atoms with Crippen LogP contribution in [0.5, 0.6) is 0 Å². The molecule has 0 bridgehead atoms. The monoisotopic (exact) mass is 332 g/mol. The van der Waals surface area contributed by atoms with E-state index >= 15 is 0 Å². The molecule has 1 saturated carbocycles. The van der Waals surface area contributed by atoms with E-state index in [-0.39, 0.29) is 30.4 Å². The van der Waals surface area contributed by atoms with E-state index in [1.165, 1.54) is 18.2 Å². The minimum absolute atomic E-state index is 0.00737. The van der Waals surface area contributed by atoms with Gasteiger partial charge in [0, 0.05) is 6.54 Å². The van der Waals surface area contributed by atoms with Crippen LogP contribution in [0, 0.1) is 18.8 Å². The Kier molecular flexibility index (Phi) is 6.37. The molecule has 132 valence electrons. The van der Waals surface area contributed by atoms with Crippen LogP contribution >= 0.6 is 0 Å². The highest BCUT2D eigenvalue weighted by Crippen LogP contribution is 2.41. The third-order valence-electron chi connectivity index (χ3n) is 4.45. The van der Waals surface area contributed by atoms with Gasteiger partial charge < -0.3 is 10.1 Å². The highest BCUT2D eigenvalue weighted by molar-refractivity contribution is 5.78. The maximum absolute atomic E-state index is 12.4. The first-order valence-electron chi connectivity index (χ1n) is 8.53. The van der Waals surface area contributed by atoms with Gasteiger partial charge in [-0.1, -0.05) is 36.8 Å². The number of nitrogens with one attached hydrogen (secondary N) is 1. The number of benzene rings is 1. The minimum Gasteiger partial charge on any atom is -0.469 e. The normalized spacial score (nSPS) is 16.5. The van der Waals surface area contributed by atoms with E-state index in [1.807, 2.05) is 11.9 Å². The lowest BCUT2D eigenvalue weighted by Crippen LogP contribution is -2.40. The van der Waals surface area contributed by atoms with Gasteiger partial charge in [-0.15, -0.1) is 0 Å². The van der Waals surface area contributed by atoms with Gasteiger partial charge in [0.25, 0.3) is 0 Å². The standard InChI is InChI=1S/C19H28N2O3/c1-13-5-7-15(8-6-13)18(16-9-10-16)20-17(22)12-21(3)11-14(2)19(23)24-4/h5-8,14,16,18H,9-12H2,1-4H3,(H,20,22). The fraction of sp³-hybridized carbons (Fsp3) is 0.579. The third-order valence-corrected chi connectivity index (χ3v) is 4.45. The Labute approximate surface area is 144 Å². The average Bonchev–Trinajstić information content (AvgIpc) is 3.37. The van der Waals surface area contributed by atoms with Gasteiger partial charge in [0.2, 0.25) is 5.91 Å². The zero-order chi connectivity index (χ0) is 17.7. The summed E-state index contributed by atoms with van der Waals surface area (Å²) in [5, 5.41) is 3.17. The van der Waals surface area contributed by atoms with E-state index in [1.54, 1.807) is 6.92 Å². The van der Waals surface area contributed by atoms with Crippen molar-refractivity contribution in [2.45, 2.75) is 32.7 Å².